The number of furan rings is 4. The van der Waals surface area contributed by atoms with Crippen molar-refractivity contribution in [3.05, 3.63) is 308 Å². The number of para-hydroxylation sites is 1. The van der Waals surface area contributed by atoms with Gasteiger partial charge in [-0.05, 0) is 140 Å². The second kappa shape index (κ2) is 21.3. The van der Waals surface area contributed by atoms with E-state index >= 15 is 0 Å². The molecule has 0 saturated heterocycles. The van der Waals surface area contributed by atoms with E-state index in [4.69, 9.17) is 42.6 Å². The molecule has 0 spiro atoms. The van der Waals surface area contributed by atoms with Crippen LogP contribution in [0.3, 0.4) is 0 Å². The van der Waals surface area contributed by atoms with Crippen molar-refractivity contribution in [1.29, 1.82) is 0 Å². The number of amidine groups is 2. The van der Waals surface area contributed by atoms with Crippen molar-refractivity contribution in [2.75, 3.05) is 0 Å². The Labute approximate surface area is 547 Å². The van der Waals surface area contributed by atoms with Gasteiger partial charge in [0.1, 0.15) is 56.7 Å². The van der Waals surface area contributed by atoms with Crippen molar-refractivity contribution in [3.63, 3.8) is 0 Å². The van der Waals surface area contributed by atoms with Crippen LogP contribution in [0.5, 0.6) is 0 Å². The quantitative estimate of drug-likeness (QED) is 0.151. The molecule has 0 bridgehead atoms. The normalized spacial score (nSPS) is 13.5. The zero-order valence-electron chi connectivity index (χ0n) is 51.2. The van der Waals surface area contributed by atoms with Crippen LogP contribution in [0.25, 0.3) is 177 Å². The Kier molecular flexibility index (Phi) is 11.9. The summed E-state index contributed by atoms with van der Waals surface area (Å²) >= 11 is 0. The molecular weight excluding hydrogens is 1180 g/mol. The minimum absolute atomic E-state index is 0.490. The van der Waals surface area contributed by atoms with E-state index in [2.05, 4.69) is 224 Å². The van der Waals surface area contributed by atoms with Gasteiger partial charge >= 0.3 is 0 Å². The van der Waals surface area contributed by atoms with Gasteiger partial charge in [-0.2, -0.15) is 0 Å². The minimum atomic E-state index is -0.490. The monoisotopic (exact) mass is 1230 g/mol. The molecule has 1 atom stereocenters. The van der Waals surface area contributed by atoms with E-state index in [1.165, 1.54) is 5.39 Å². The zero-order valence-corrected chi connectivity index (χ0v) is 51.2. The average molecular weight is 1230 g/mol. The number of aromatic nitrogens is 3. The van der Waals surface area contributed by atoms with E-state index in [-0.39, 0.29) is 0 Å². The van der Waals surface area contributed by atoms with Crippen LogP contribution in [0.15, 0.2) is 319 Å². The van der Waals surface area contributed by atoms with Gasteiger partial charge in [0.2, 0.25) is 0 Å². The number of fused-ring (bicyclic) bond motifs is 14. The smallest absolute Gasteiger partial charge is 0.165 e. The lowest BCUT2D eigenvalue weighted by Crippen LogP contribution is -2.33. The molecule has 10 heteroatoms. The maximum absolute atomic E-state index is 6.86. The van der Waals surface area contributed by atoms with Crippen LogP contribution in [0, 0.1) is 0 Å². The molecule has 1 aliphatic heterocycles. The molecule has 1 unspecified atom stereocenters. The minimum Gasteiger partial charge on any atom is -0.456 e. The fourth-order valence-corrected chi connectivity index (χ4v) is 14.5. The molecule has 1 aliphatic rings. The summed E-state index contributed by atoms with van der Waals surface area (Å²) in [7, 11) is 0. The van der Waals surface area contributed by atoms with Gasteiger partial charge in [0, 0.05) is 76.5 Å². The summed E-state index contributed by atoms with van der Waals surface area (Å²) in [6.07, 6.45) is -0.490. The maximum Gasteiger partial charge on any atom is 0.165 e. The van der Waals surface area contributed by atoms with E-state index < -0.39 is 6.17 Å². The summed E-state index contributed by atoms with van der Waals surface area (Å²) in [6.45, 7) is 0. The molecule has 0 saturated carbocycles. The van der Waals surface area contributed by atoms with Crippen LogP contribution < -0.4 is 5.32 Å². The SMILES string of the molecule is c1ccc(C2=NC(c3cccc4oc5cccc(-c6cccc7oc8cc(-c9ccc%10c(c9)oc9ccc(-c%11ccc%12oc%13ccccc%13c%12c%11-c%11nc(-c%12ccccc%12)nc(-c%12ccc%13ccccc%13c%12)n%11)cc9%10)ccc8c67)c5c34)NC(c3ccc4ccccc4c3)=N2)cc1. The lowest BCUT2D eigenvalue weighted by Gasteiger charge is -2.24. The first kappa shape index (κ1) is 53.6. The third-order valence-corrected chi connectivity index (χ3v) is 19.0. The lowest BCUT2D eigenvalue weighted by atomic mass is 9.93. The van der Waals surface area contributed by atoms with Crippen molar-refractivity contribution >= 4 is 121 Å². The van der Waals surface area contributed by atoms with Crippen LogP contribution in [0.2, 0.25) is 0 Å². The molecule has 0 fully saturated rings. The third kappa shape index (κ3) is 8.69. The van der Waals surface area contributed by atoms with Gasteiger partial charge in [0.05, 0.1) is 0 Å². The molecule has 1 N–H and O–H groups in total. The van der Waals surface area contributed by atoms with Crippen molar-refractivity contribution < 1.29 is 17.7 Å². The molecule has 10 nitrogen and oxygen atoms in total. The first-order valence-corrected chi connectivity index (χ1v) is 32.1. The maximum atomic E-state index is 6.86. The fraction of sp³-hybridized carbons (Fsp3) is 0.0116. The second-order valence-electron chi connectivity index (χ2n) is 24.6. The summed E-state index contributed by atoms with van der Waals surface area (Å²) in [4.78, 5) is 26.4. The summed E-state index contributed by atoms with van der Waals surface area (Å²) < 4.78 is 27.0. The van der Waals surface area contributed by atoms with Crippen LogP contribution in [0.1, 0.15) is 22.9 Å². The molecular formula is C86H50N6O4. The standard InChI is InChI=1S/C86H50N6O4/c1-3-18-51(19-4-1)81-87-83(58-34-32-49-16-7-9-22-53(49)44-58)90-85(89-81)66-27-15-31-72-79(66)77-63(26-14-30-71(77)95-72)62-25-13-29-70-76(62)65-40-37-56(48-75(65)96-70)55-36-39-61-67-46-57(38-42-69(67)94-74(61)47-55)60-41-43-73-78(64-24-11-12-28-68(64)93-73)80(60)86-91-82(52-20-5-2-6-21-52)88-84(92-86)59-35-33-50-17-8-10-23-54(50)45-59/h1-48,85H,(H,87,89,90). The third-order valence-electron chi connectivity index (χ3n) is 19.0. The number of aliphatic imine (C=N–C) groups is 2. The van der Waals surface area contributed by atoms with Crippen LogP contribution in [-0.2, 0) is 0 Å². The first-order chi connectivity index (χ1) is 47.5. The van der Waals surface area contributed by atoms with E-state index in [0.29, 0.717) is 23.3 Å². The highest BCUT2D eigenvalue weighted by molar-refractivity contribution is 6.22. The Morgan fingerprint density at radius 2 is 0.781 bits per heavy atom. The molecule has 0 amide bonds. The Morgan fingerprint density at radius 1 is 0.271 bits per heavy atom. The predicted molar refractivity (Wildman–Crippen MR) is 388 cm³/mol. The lowest BCUT2D eigenvalue weighted by molar-refractivity contribution is 0.662. The fourth-order valence-electron chi connectivity index (χ4n) is 14.5. The van der Waals surface area contributed by atoms with Gasteiger partial charge in [0.15, 0.2) is 23.3 Å². The van der Waals surface area contributed by atoms with Gasteiger partial charge in [-0.3, -0.25) is 0 Å². The molecule has 6 heterocycles. The highest BCUT2D eigenvalue weighted by atomic mass is 16.3. The topological polar surface area (TPSA) is 128 Å². The number of hydrogen-bond acceptors (Lipinski definition) is 10. The Morgan fingerprint density at radius 3 is 1.55 bits per heavy atom. The molecule has 0 radical (unpaired) electrons. The predicted octanol–water partition coefficient (Wildman–Crippen LogP) is 22.3. The number of nitrogens with one attached hydrogen (secondary N) is 1. The van der Waals surface area contributed by atoms with Crippen LogP contribution >= 0.6 is 0 Å². The number of hydrogen-bond donors (Lipinski definition) is 1. The largest absolute Gasteiger partial charge is 0.456 e. The Balaban J connectivity index is 0.678. The Hall–Kier alpha value is -13.1. The molecule has 5 aromatic heterocycles. The highest BCUT2D eigenvalue weighted by Gasteiger charge is 2.28. The highest BCUT2D eigenvalue weighted by Crippen LogP contribution is 2.48. The number of nitrogens with zero attached hydrogens (tertiary/aromatic N) is 5. The van der Waals surface area contributed by atoms with Crippen molar-refractivity contribution in [3.8, 4) is 67.5 Å². The summed E-state index contributed by atoms with van der Waals surface area (Å²) in [5, 5.41) is 16.2. The van der Waals surface area contributed by atoms with Gasteiger partial charge in [-0.25, -0.2) is 24.9 Å². The van der Waals surface area contributed by atoms with Crippen LogP contribution in [-0.4, -0.2) is 26.6 Å². The van der Waals surface area contributed by atoms with E-state index in [1.807, 2.05) is 72.8 Å². The number of rotatable bonds is 9. The molecule has 19 aromatic rings. The van der Waals surface area contributed by atoms with Gasteiger partial charge < -0.3 is 23.0 Å². The molecule has 0 aliphatic carbocycles. The van der Waals surface area contributed by atoms with Gasteiger partial charge in [-0.15, -0.1) is 0 Å². The van der Waals surface area contributed by atoms with Crippen LogP contribution in [0.4, 0.5) is 0 Å². The zero-order chi connectivity index (χ0) is 63.0. The van der Waals surface area contributed by atoms with E-state index in [1.54, 1.807) is 0 Å². The molecule has 14 aromatic carbocycles. The summed E-state index contributed by atoms with van der Waals surface area (Å²) in [5.41, 5.74) is 17.7. The summed E-state index contributed by atoms with van der Waals surface area (Å²) in [6, 6.07) is 101. The first-order valence-electron chi connectivity index (χ1n) is 32.1. The second-order valence-corrected chi connectivity index (χ2v) is 24.6. The Bertz CT molecular complexity index is 6510. The summed E-state index contributed by atoms with van der Waals surface area (Å²) in [5.74, 6) is 3.10. The van der Waals surface area contributed by atoms with E-state index in [0.717, 1.165) is 177 Å². The van der Waals surface area contributed by atoms with Gasteiger partial charge in [-0.1, -0.05) is 206 Å². The average Bonchev–Trinajstić information content (AvgIpc) is 1.53. The van der Waals surface area contributed by atoms with Crippen molar-refractivity contribution in [2.24, 2.45) is 9.98 Å². The van der Waals surface area contributed by atoms with Crippen molar-refractivity contribution in [1.82, 2.24) is 20.3 Å². The van der Waals surface area contributed by atoms with Gasteiger partial charge in [0.25, 0.3) is 0 Å². The molecule has 448 valence electrons. The molecule has 96 heavy (non-hydrogen) atoms. The molecule has 20 rings (SSSR count). The number of benzene rings is 14. The van der Waals surface area contributed by atoms with Crippen molar-refractivity contribution in [2.45, 2.75) is 6.17 Å². The van der Waals surface area contributed by atoms with E-state index in [9.17, 15) is 0 Å².